The molecule has 0 radical (unpaired) electrons. The Labute approximate surface area is 92.9 Å². The zero-order valence-corrected chi connectivity index (χ0v) is 10.2. The summed E-state index contributed by atoms with van der Waals surface area (Å²) >= 11 is 0. The van der Waals surface area contributed by atoms with Gasteiger partial charge in [-0.2, -0.15) is 0 Å². The minimum Gasteiger partial charge on any atom is -0.399 e. The number of nitrogen functional groups attached to an aromatic ring is 1. The summed E-state index contributed by atoms with van der Waals surface area (Å²) in [6.45, 7) is 8.56. The number of nitrogens with one attached hydrogen (secondary N) is 1. The molecule has 1 rings (SSSR count). The Hall–Kier alpha value is -1.18. The predicted octanol–water partition coefficient (Wildman–Crippen LogP) is 3.49. The number of benzene rings is 1. The third-order valence-corrected chi connectivity index (χ3v) is 2.96. The van der Waals surface area contributed by atoms with E-state index in [1.54, 1.807) is 0 Å². The van der Waals surface area contributed by atoms with Gasteiger partial charge < -0.3 is 11.1 Å². The van der Waals surface area contributed by atoms with Gasteiger partial charge in [0.15, 0.2) is 0 Å². The fraction of sp³-hybridized carbons (Fsp3) is 0.538. The van der Waals surface area contributed by atoms with Gasteiger partial charge in [0.2, 0.25) is 0 Å². The van der Waals surface area contributed by atoms with Gasteiger partial charge in [0.25, 0.3) is 0 Å². The molecule has 0 aliphatic rings. The third-order valence-electron chi connectivity index (χ3n) is 2.96. The van der Waals surface area contributed by atoms with E-state index in [1.807, 2.05) is 13.0 Å². The Balaban J connectivity index is 2.89. The lowest BCUT2D eigenvalue weighted by Gasteiger charge is -2.19. The molecular weight excluding hydrogens is 184 g/mol. The first-order valence-electron chi connectivity index (χ1n) is 5.71. The van der Waals surface area contributed by atoms with Crippen molar-refractivity contribution in [3.63, 3.8) is 0 Å². The van der Waals surface area contributed by atoms with E-state index in [1.165, 1.54) is 11.3 Å². The monoisotopic (exact) mass is 206 g/mol. The Morgan fingerprint density at radius 2 is 1.73 bits per heavy atom. The highest BCUT2D eigenvalue weighted by molar-refractivity contribution is 5.62. The van der Waals surface area contributed by atoms with Gasteiger partial charge in [-0.05, 0) is 49.9 Å². The summed E-state index contributed by atoms with van der Waals surface area (Å²) in [5.41, 5.74) is 10.3. The van der Waals surface area contributed by atoms with Gasteiger partial charge in [-0.3, -0.25) is 0 Å². The second kappa shape index (κ2) is 5.06. The van der Waals surface area contributed by atoms with E-state index < -0.39 is 0 Å². The summed E-state index contributed by atoms with van der Waals surface area (Å²) in [4.78, 5) is 0. The lowest BCUT2D eigenvalue weighted by molar-refractivity contribution is 0.671. The van der Waals surface area contributed by atoms with Gasteiger partial charge >= 0.3 is 0 Å². The van der Waals surface area contributed by atoms with E-state index in [0.29, 0.717) is 6.04 Å². The quantitative estimate of drug-likeness (QED) is 0.740. The maximum atomic E-state index is 5.86. The van der Waals surface area contributed by atoms with Gasteiger partial charge in [0.1, 0.15) is 0 Å². The average molecular weight is 206 g/mol. The van der Waals surface area contributed by atoms with Crippen LogP contribution in [0.1, 0.15) is 37.8 Å². The van der Waals surface area contributed by atoms with Crippen LogP contribution in [0, 0.1) is 13.8 Å². The minimum atomic E-state index is 0.562. The van der Waals surface area contributed by atoms with Crippen LogP contribution < -0.4 is 11.1 Å². The topological polar surface area (TPSA) is 38.0 Å². The number of aryl methyl sites for hydroxylation is 2. The fourth-order valence-electron chi connectivity index (χ4n) is 1.71. The molecule has 0 atom stereocenters. The second-order valence-corrected chi connectivity index (χ2v) is 4.18. The normalized spacial score (nSPS) is 10.7. The van der Waals surface area contributed by atoms with Crippen LogP contribution in [0.5, 0.6) is 0 Å². The van der Waals surface area contributed by atoms with Crippen molar-refractivity contribution < 1.29 is 0 Å². The summed E-state index contributed by atoms with van der Waals surface area (Å²) in [5, 5.41) is 3.56. The van der Waals surface area contributed by atoms with Gasteiger partial charge in [-0.25, -0.2) is 0 Å². The summed E-state index contributed by atoms with van der Waals surface area (Å²) < 4.78 is 0. The Kier molecular flexibility index (Phi) is 4.01. The van der Waals surface area contributed by atoms with Gasteiger partial charge in [0.05, 0.1) is 0 Å². The highest BCUT2D eigenvalue weighted by Crippen LogP contribution is 2.23. The molecule has 84 valence electrons. The molecule has 0 amide bonds. The van der Waals surface area contributed by atoms with Crippen LogP contribution >= 0.6 is 0 Å². The zero-order valence-electron chi connectivity index (χ0n) is 10.2. The van der Waals surface area contributed by atoms with Crippen molar-refractivity contribution in [2.75, 3.05) is 11.1 Å². The molecule has 0 aliphatic heterocycles. The maximum Gasteiger partial charge on any atom is 0.0376 e. The van der Waals surface area contributed by atoms with E-state index in [-0.39, 0.29) is 0 Å². The summed E-state index contributed by atoms with van der Waals surface area (Å²) in [6.07, 6.45) is 2.30. The number of hydrogen-bond acceptors (Lipinski definition) is 2. The molecule has 1 aromatic carbocycles. The van der Waals surface area contributed by atoms with E-state index in [4.69, 9.17) is 5.73 Å². The lowest BCUT2D eigenvalue weighted by atomic mass is 10.1. The molecule has 1 aromatic rings. The molecule has 2 nitrogen and oxygen atoms in total. The van der Waals surface area contributed by atoms with E-state index >= 15 is 0 Å². The standard InChI is InChI=1S/C13H22N2/c1-5-11(6-2)15-13-8-9(3)12(14)7-10(13)4/h7-8,11,15H,5-6,14H2,1-4H3. The smallest absolute Gasteiger partial charge is 0.0376 e. The minimum absolute atomic E-state index is 0.562. The van der Waals surface area contributed by atoms with Crippen molar-refractivity contribution in [3.05, 3.63) is 23.3 Å². The molecule has 0 fully saturated rings. The van der Waals surface area contributed by atoms with Crippen LogP contribution in [-0.4, -0.2) is 6.04 Å². The second-order valence-electron chi connectivity index (χ2n) is 4.18. The summed E-state index contributed by atoms with van der Waals surface area (Å²) in [5.74, 6) is 0. The highest BCUT2D eigenvalue weighted by atomic mass is 14.9. The van der Waals surface area contributed by atoms with Crippen molar-refractivity contribution in [2.45, 2.75) is 46.6 Å². The Morgan fingerprint density at radius 3 is 2.27 bits per heavy atom. The van der Waals surface area contributed by atoms with Crippen LogP contribution in [0.15, 0.2) is 12.1 Å². The van der Waals surface area contributed by atoms with Crippen LogP contribution in [-0.2, 0) is 0 Å². The van der Waals surface area contributed by atoms with Crippen LogP contribution in [0.2, 0.25) is 0 Å². The molecule has 0 aliphatic carbocycles. The summed E-state index contributed by atoms with van der Waals surface area (Å²) in [6, 6.07) is 4.75. The molecule has 0 heterocycles. The fourth-order valence-corrected chi connectivity index (χ4v) is 1.71. The van der Waals surface area contributed by atoms with Gasteiger partial charge in [-0.15, -0.1) is 0 Å². The predicted molar refractivity (Wildman–Crippen MR) is 68.3 cm³/mol. The van der Waals surface area contributed by atoms with Crippen molar-refractivity contribution in [1.82, 2.24) is 0 Å². The zero-order chi connectivity index (χ0) is 11.4. The van der Waals surface area contributed by atoms with E-state index in [9.17, 15) is 0 Å². The molecule has 15 heavy (non-hydrogen) atoms. The average Bonchev–Trinajstić information content (AvgIpc) is 2.21. The maximum absolute atomic E-state index is 5.86. The van der Waals surface area contributed by atoms with Gasteiger partial charge in [0, 0.05) is 17.4 Å². The van der Waals surface area contributed by atoms with Crippen LogP contribution in [0.4, 0.5) is 11.4 Å². The lowest BCUT2D eigenvalue weighted by Crippen LogP contribution is -2.17. The van der Waals surface area contributed by atoms with E-state index in [0.717, 1.165) is 24.1 Å². The molecule has 0 unspecified atom stereocenters. The Bertz CT molecular complexity index is 328. The first kappa shape index (κ1) is 11.9. The summed E-state index contributed by atoms with van der Waals surface area (Å²) in [7, 11) is 0. The first-order chi connectivity index (χ1) is 7.08. The van der Waals surface area contributed by atoms with Crippen LogP contribution in [0.3, 0.4) is 0 Å². The van der Waals surface area contributed by atoms with E-state index in [2.05, 4.69) is 32.2 Å². The largest absolute Gasteiger partial charge is 0.399 e. The molecule has 0 bridgehead atoms. The van der Waals surface area contributed by atoms with Crippen molar-refractivity contribution >= 4 is 11.4 Å². The SMILES string of the molecule is CCC(CC)Nc1cc(C)c(N)cc1C. The molecule has 0 saturated heterocycles. The Morgan fingerprint density at radius 1 is 1.13 bits per heavy atom. The molecule has 2 heteroatoms. The van der Waals surface area contributed by atoms with Crippen LogP contribution in [0.25, 0.3) is 0 Å². The van der Waals surface area contributed by atoms with Crippen molar-refractivity contribution in [3.8, 4) is 0 Å². The van der Waals surface area contributed by atoms with Gasteiger partial charge in [-0.1, -0.05) is 13.8 Å². The number of hydrogen-bond donors (Lipinski definition) is 2. The highest BCUT2D eigenvalue weighted by Gasteiger charge is 2.06. The number of anilines is 2. The molecule has 0 spiro atoms. The molecular formula is C13H22N2. The molecule has 3 N–H and O–H groups in total. The van der Waals surface area contributed by atoms with Crippen molar-refractivity contribution in [2.24, 2.45) is 0 Å². The molecule has 0 aromatic heterocycles. The number of rotatable bonds is 4. The number of nitrogens with two attached hydrogens (primary N) is 1. The first-order valence-corrected chi connectivity index (χ1v) is 5.71. The molecule has 0 saturated carbocycles. The van der Waals surface area contributed by atoms with Crippen molar-refractivity contribution in [1.29, 1.82) is 0 Å². The third kappa shape index (κ3) is 2.88.